The number of hydrogen-bond acceptors (Lipinski definition) is 1. The van der Waals surface area contributed by atoms with Crippen LogP contribution in [0.15, 0.2) is 42.6 Å². The molecule has 1 aliphatic heterocycles. The topological polar surface area (TPSA) is 27.8 Å². The average Bonchev–Trinajstić information content (AvgIpc) is 3.01. The highest BCUT2D eigenvalue weighted by Crippen LogP contribution is 2.31. The molecule has 0 amide bonds. The van der Waals surface area contributed by atoms with Crippen LogP contribution in [-0.2, 0) is 0 Å². The Bertz CT molecular complexity index is 453. The Kier molecular flexibility index (Phi) is 2.50. The highest BCUT2D eigenvalue weighted by molar-refractivity contribution is 5.66. The first kappa shape index (κ1) is 9.67. The van der Waals surface area contributed by atoms with Crippen molar-refractivity contribution in [3.63, 3.8) is 0 Å². The molecular weight excluding hydrogens is 196 g/mol. The van der Waals surface area contributed by atoms with Gasteiger partial charge < -0.3 is 10.3 Å². The van der Waals surface area contributed by atoms with Crippen LogP contribution < -0.4 is 5.32 Å². The predicted molar refractivity (Wildman–Crippen MR) is 66.2 cm³/mol. The lowest BCUT2D eigenvalue weighted by molar-refractivity contribution is 0.633. The fourth-order valence-electron chi connectivity index (χ4n) is 2.47. The monoisotopic (exact) mass is 212 g/mol. The molecule has 16 heavy (non-hydrogen) atoms. The van der Waals surface area contributed by atoms with Crippen molar-refractivity contribution in [3.05, 3.63) is 48.3 Å². The maximum absolute atomic E-state index is 3.54. The van der Waals surface area contributed by atoms with Crippen molar-refractivity contribution in [2.75, 3.05) is 6.54 Å². The van der Waals surface area contributed by atoms with Crippen LogP contribution in [0.1, 0.15) is 24.6 Å². The van der Waals surface area contributed by atoms with E-state index in [1.807, 2.05) is 6.20 Å². The molecule has 1 fully saturated rings. The molecule has 0 unspecified atom stereocenters. The van der Waals surface area contributed by atoms with Gasteiger partial charge in [-0.05, 0) is 31.0 Å². The standard InChI is InChI=1S/C14H16N2/c1-2-5-11(6-3-1)12-8-10-16-14(12)13-7-4-9-15-13/h1-3,5-6,8,10,13,15-16H,4,7,9H2/t13-/m0/s1. The van der Waals surface area contributed by atoms with Gasteiger partial charge >= 0.3 is 0 Å². The predicted octanol–water partition coefficient (Wildman–Crippen LogP) is 3.11. The fraction of sp³-hybridized carbons (Fsp3) is 0.286. The summed E-state index contributed by atoms with van der Waals surface area (Å²) >= 11 is 0. The van der Waals surface area contributed by atoms with Crippen molar-refractivity contribution in [3.8, 4) is 11.1 Å². The van der Waals surface area contributed by atoms with Gasteiger partial charge in [-0.15, -0.1) is 0 Å². The third-order valence-corrected chi connectivity index (χ3v) is 3.27. The zero-order valence-corrected chi connectivity index (χ0v) is 9.24. The molecule has 0 spiro atoms. The molecule has 3 rings (SSSR count). The van der Waals surface area contributed by atoms with Gasteiger partial charge in [0.15, 0.2) is 0 Å². The molecule has 1 aromatic carbocycles. The van der Waals surface area contributed by atoms with Crippen LogP contribution in [0.25, 0.3) is 11.1 Å². The van der Waals surface area contributed by atoms with Crippen molar-refractivity contribution >= 4 is 0 Å². The van der Waals surface area contributed by atoms with Gasteiger partial charge in [-0.2, -0.15) is 0 Å². The summed E-state index contributed by atoms with van der Waals surface area (Å²) < 4.78 is 0. The van der Waals surface area contributed by atoms with Crippen molar-refractivity contribution in [1.29, 1.82) is 0 Å². The Hall–Kier alpha value is -1.54. The summed E-state index contributed by atoms with van der Waals surface area (Å²) in [6, 6.07) is 13.3. The van der Waals surface area contributed by atoms with Crippen molar-refractivity contribution < 1.29 is 0 Å². The summed E-state index contributed by atoms with van der Waals surface area (Å²) in [4.78, 5) is 3.38. The molecule has 82 valence electrons. The summed E-state index contributed by atoms with van der Waals surface area (Å²) in [6.07, 6.45) is 4.55. The summed E-state index contributed by atoms with van der Waals surface area (Å²) in [5.41, 5.74) is 3.97. The second-order valence-electron chi connectivity index (χ2n) is 4.32. The normalized spacial score (nSPS) is 20.1. The van der Waals surface area contributed by atoms with Crippen LogP contribution in [0.5, 0.6) is 0 Å². The Morgan fingerprint density at radius 1 is 1.06 bits per heavy atom. The lowest BCUT2D eigenvalue weighted by atomic mass is 10.0. The molecule has 1 aliphatic rings. The number of benzene rings is 1. The smallest absolute Gasteiger partial charge is 0.0479 e. The Morgan fingerprint density at radius 3 is 2.69 bits per heavy atom. The maximum atomic E-state index is 3.54. The largest absolute Gasteiger partial charge is 0.363 e. The first-order valence-electron chi connectivity index (χ1n) is 5.91. The molecule has 2 heteroatoms. The highest BCUT2D eigenvalue weighted by atomic mass is 15.0. The molecule has 1 aromatic heterocycles. The maximum Gasteiger partial charge on any atom is 0.0479 e. The zero-order chi connectivity index (χ0) is 10.8. The van der Waals surface area contributed by atoms with E-state index in [0.29, 0.717) is 6.04 Å². The van der Waals surface area contributed by atoms with Gasteiger partial charge in [0.25, 0.3) is 0 Å². The van der Waals surface area contributed by atoms with Crippen LogP contribution >= 0.6 is 0 Å². The summed E-state index contributed by atoms with van der Waals surface area (Å²) in [7, 11) is 0. The lowest BCUT2D eigenvalue weighted by Crippen LogP contribution is -2.13. The van der Waals surface area contributed by atoms with Crippen molar-refractivity contribution in [1.82, 2.24) is 10.3 Å². The molecule has 2 aromatic rings. The Balaban J connectivity index is 1.99. The van der Waals surface area contributed by atoms with Gasteiger partial charge in [-0.3, -0.25) is 0 Å². The van der Waals surface area contributed by atoms with E-state index in [4.69, 9.17) is 0 Å². The van der Waals surface area contributed by atoms with Crippen LogP contribution in [0.2, 0.25) is 0 Å². The number of aromatic amines is 1. The first-order valence-corrected chi connectivity index (χ1v) is 5.91. The number of hydrogen-bond donors (Lipinski definition) is 2. The summed E-state index contributed by atoms with van der Waals surface area (Å²) in [5, 5.41) is 3.54. The minimum Gasteiger partial charge on any atom is -0.363 e. The molecule has 0 radical (unpaired) electrons. The van der Waals surface area contributed by atoms with Crippen LogP contribution in [0.3, 0.4) is 0 Å². The minimum atomic E-state index is 0.505. The molecule has 0 bridgehead atoms. The number of aromatic nitrogens is 1. The van der Waals surface area contributed by atoms with E-state index in [2.05, 4.69) is 46.7 Å². The lowest BCUT2D eigenvalue weighted by Gasteiger charge is -2.11. The third kappa shape index (κ3) is 1.65. The Morgan fingerprint density at radius 2 is 1.94 bits per heavy atom. The van der Waals surface area contributed by atoms with E-state index in [9.17, 15) is 0 Å². The van der Waals surface area contributed by atoms with Crippen molar-refractivity contribution in [2.45, 2.75) is 18.9 Å². The molecular formula is C14H16N2. The average molecular weight is 212 g/mol. The summed E-state index contributed by atoms with van der Waals surface area (Å²) in [5.74, 6) is 0. The molecule has 1 saturated heterocycles. The van der Waals surface area contributed by atoms with Gasteiger partial charge in [0.05, 0.1) is 0 Å². The van der Waals surface area contributed by atoms with Crippen LogP contribution in [0, 0.1) is 0 Å². The molecule has 1 atom stereocenters. The fourth-order valence-corrected chi connectivity index (χ4v) is 2.47. The van der Waals surface area contributed by atoms with Gasteiger partial charge in [0, 0.05) is 23.5 Å². The van der Waals surface area contributed by atoms with E-state index in [-0.39, 0.29) is 0 Å². The van der Waals surface area contributed by atoms with Gasteiger partial charge in [0.1, 0.15) is 0 Å². The van der Waals surface area contributed by atoms with Crippen LogP contribution in [0.4, 0.5) is 0 Å². The third-order valence-electron chi connectivity index (χ3n) is 3.27. The molecule has 2 nitrogen and oxygen atoms in total. The second kappa shape index (κ2) is 4.14. The van der Waals surface area contributed by atoms with Crippen LogP contribution in [-0.4, -0.2) is 11.5 Å². The van der Waals surface area contributed by atoms with E-state index in [0.717, 1.165) is 6.54 Å². The molecule has 0 saturated carbocycles. The minimum absolute atomic E-state index is 0.505. The van der Waals surface area contributed by atoms with E-state index >= 15 is 0 Å². The van der Waals surface area contributed by atoms with E-state index in [1.54, 1.807) is 0 Å². The van der Waals surface area contributed by atoms with Gasteiger partial charge in [0.2, 0.25) is 0 Å². The number of H-pyrrole nitrogens is 1. The van der Waals surface area contributed by atoms with Crippen molar-refractivity contribution in [2.24, 2.45) is 0 Å². The number of rotatable bonds is 2. The summed E-state index contributed by atoms with van der Waals surface area (Å²) in [6.45, 7) is 1.14. The highest BCUT2D eigenvalue weighted by Gasteiger charge is 2.20. The SMILES string of the molecule is c1ccc(-c2cc[nH]c2[C@@H]2CCCN2)cc1. The quantitative estimate of drug-likeness (QED) is 0.786. The van der Waals surface area contributed by atoms with Gasteiger partial charge in [-0.25, -0.2) is 0 Å². The first-order chi connectivity index (χ1) is 7.95. The van der Waals surface area contributed by atoms with E-state index < -0.39 is 0 Å². The molecule has 2 heterocycles. The molecule has 2 N–H and O–H groups in total. The second-order valence-corrected chi connectivity index (χ2v) is 4.32. The zero-order valence-electron chi connectivity index (χ0n) is 9.24. The van der Waals surface area contributed by atoms with E-state index in [1.165, 1.54) is 29.7 Å². The Labute approximate surface area is 95.7 Å². The van der Waals surface area contributed by atoms with Gasteiger partial charge in [-0.1, -0.05) is 30.3 Å². The number of nitrogens with one attached hydrogen (secondary N) is 2. The molecule has 0 aliphatic carbocycles.